The van der Waals surface area contributed by atoms with Crippen molar-refractivity contribution in [2.45, 2.75) is 18.8 Å². The van der Waals surface area contributed by atoms with Crippen molar-refractivity contribution in [1.29, 1.82) is 0 Å². The van der Waals surface area contributed by atoms with Crippen LogP contribution in [0.25, 0.3) is 0 Å². The largest absolute Gasteiger partial charge is 0.475 e. The van der Waals surface area contributed by atoms with E-state index in [-0.39, 0.29) is 11.8 Å². The first-order valence-electron chi connectivity index (χ1n) is 5.67. The molecule has 0 aliphatic heterocycles. The topological polar surface area (TPSA) is 63.3 Å². The predicted octanol–water partition coefficient (Wildman–Crippen LogP) is 3.00. The van der Waals surface area contributed by atoms with E-state index in [1.54, 1.807) is 0 Å². The Hall–Kier alpha value is -2.24. The molecule has 1 heterocycles. The van der Waals surface area contributed by atoms with Crippen molar-refractivity contribution in [3.8, 4) is 0 Å². The maximum absolute atomic E-state index is 12.7. The molecule has 0 spiro atoms. The van der Waals surface area contributed by atoms with Gasteiger partial charge in [0.15, 0.2) is 5.69 Å². The van der Waals surface area contributed by atoms with Crippen LogP contribution >= 0.6 is 0 Å². The van der Waals surface area contributed by atoms with Gasteiger partial charge in [-0.05, 0) is 17.5 Å². The fourth-order valence-corrected chi connectivity index (χ4v) is 2.28. The van der Waals surface area contributed by atoms with Crippen LogP contribution < -0.4 is 0 Å². The van der Waals surface area contributed by atoms with E-state index in [1.807, 2.05) is 24.3 Å². The van der Waals surface area contributed by atoms with E-state index in [2.05, 4.69) is 4.98 Å². The van der Waals surface area contributed by atoms with Crippen molar-refractivity contribution in [3.63, 3.8) is 0 Å². The Morgan fingerprint density at radius 3 is 2.74 bits per heavy atom. The van der Waals surface area contributed by atoms with Crippen molar-refractivity contribution >= 4 is 5.97 Å². The Kier molecular flexibility index (Phi) is 2.58. The molecule has 19 heavy (non-hydrogen) atoms. The summed E-state index contributed by atoms with van der Waals surface area (Å²) in [7, 11) is 0. The molecule has 1 aromatic carbocycles. The van der Waals surface area contributed by atoms with Crippen molar-refractivity contribution in [2.24, 2.45) is 0 Å². The predicted molar refractivity (Wildman–Crippen MR) is 60.4 cm³/mol. The SMILES string of the molecule is O=C(O)c1oc(C2Cc3ccccc32)nc1C(F)F. The lowest BCUT2D eigenvalue weighted by atomic mass is 9.77. The molecule has 1 atom stereocenters. The quantitative estimate of drug-likeness (QED) is 0.926. The van der Waals surface area contributed by atoms with Crippen LogP contribution in [0.4, 0.5) is 8.78 Å². The van der Waals surface area contributed by atoms with E-state index in [0.717, 1.165) is 11.1 Å². The number of aromatic carboxylic acids is 1. The number of nitrogens with zero attached hydrogens (tertiary/aromatic N) is 1. The smallest absolute Gasteiger partial charge is 0.374 e. The average molecular weight is 265 g/mol. The summed E-state index contributed by atoms with van der Waals surface area (Å²) in [5, 5.41) is 8.83. The fraction of sp³-hybridized carbons (Fsp3) is 0.231. The molecule has 0 amide bonds. The first-order valence-corrected chi connectivity index (χ1v) is 5.67. The van der Waals surface area contributed by atoms with E-state index in [4.69, 9.17) is 9.52 Å². The van der Waals surface area contributed by atoms with Gasteiger partial charge in [-0.2, -0.15) is 0 Å². The highest BCUT2D eigenvalue weighted by Crippen LogP contribution is 2.40. The molecule has 1 N–H and O–H groups in total. The van der Waals surface area contributed by atoms with Crippen molar-refractivity contribution in [1.82, 2.24) is 4.98 Å². The Morgan fingerprint density at radius 2 is 2.16 bits per heavy atom. The van der Waals surface area contributed by atoms with Gasteiger partial charge in [-0.1, -0.05) is 24.3 Å². The Bertz CT molecular complexity index is 651. The Morgan fingerprint density at radius 1 is 1.42 bits per heavy atom. The van der Waals surface area contributed by atoms with Gasteiger partial charge >= 0.3 is 5.97 Å². The van der Waals surface area contributed by atoms with Crippen LogP contribution in [-0.4, -0.2) is 16.1 Å². The van der Waals surface area contributed by atoms with Crippen molar-refractivity contribution in [3.05, 3.63) is 52.7 Å². The maximum Gasteiger partial charge on any atom is 0.374 e. The molecule has 0 radical (unpaired) electrons. The van der Waals surface area contributed by atoms with E-state index in [1.165, 1.54) is 0 Å². The van der Waals surface area contributed by atoms with E-state index >= 15 is 0 Å². The van der Waals surface area contributed by atoms with Gasteiger partial charge in [0.2, 0.25) is 11.7 Å². The van der Waals surface area contributed by atoms with Crippen LogP contribution in [0.15, 0.2) is 28.7 Å². The molecule has 1 aliphatic rings. The van der Waals surface area contributed by atoms with Crippen LogP contribution in [0.3, 0.4) is 0 Å². The zero-order chi connectivity index (χ0) is 13.6. The fourth-order valence-electron chi connectivity index (χ4n) is 2.28. The van der Waals surface area contributed by atoms with Gasteiger partial charge in [0.1, 0.15) is 0 Å². The van der Waals surface area contributed by atoms with E-state index in [0.29, 0.717) is 6.42 Å². The standard InChI is InChI=1S/C13H9F2NO3/c14-11(15)9-10(13(17)18)19-12(16-9)8-5-6-3-1-2-4-7(6)8/h1-4,8,11H,5H2,(H,17,18). The molecular weight excluding hydrogens is 256 g/mol. The minimum Gasteiger partial charge on any atom is -0.475 e. The third-order valence-corrected chi connectivity index (χ3v) is 3.22. The molecule has 3 rings (SSSR count). The molecule has 0 fully saturated rings. The van der Waals surface area contributed by atoms with Crippen molar-refractivity contribution < 1.29 is 23.1 Å². The number of hydrogen-bond donors (Lipinski definition) is 1. The number of oxazole rings is 1. The number of hydrogen-bond acceptors (Lipinski definition) is 3. The summed E-state index contributed by atoms with van der Waals surface area (Å²) in [6, 6.07) is 7.51. The highest BCUT2D eigenvalue weighted by atomic mass is 19.3. The lowest BCUT2D eigenvalue weighted by Crippen LogP contribution is -2.18. The number of fused-ring (bicyclic) bond motifs is 1. The van der Waals surface area contributed by atoms with Crippen molar-refractivity contribution in [2.75, 3.05) is 0 Å². The molecule has 1 aliphatic carbocycles. The van der Waals surface area contributed by atoms with Gasteiger partial charge in [0, 0.05) is 0 Å². The molecule has 2 aromatic rings. The van der Waals surface area contributed by atoms with Gasteiger partial charge in [-0.15, -0.1) is 0 Å². The highest BCUT2D eigenvalue weighted by molar-refractivity contribution is 5.85. The first-order chi connectivity index (χ1) is 9.08. The number of carbonyl (C=O) groups is 1. The molecule has 98 valence electrons. The van der Waals surface area contributed by atoms with Gasteiger partial charge < -0.3 is 9.52 Å². The molecule has 1 unspecified atom stereocenters. The summed E-state index contributed by atoms with van der Waals surface area (Å²) < 4.78 is 30.4. The third kappa shape index (κ3) is 1.80. The second-order valence-corrected chi connectivity index (χ2v) is 4.33. The molecule has 4 nitrogen and oxygen atoms in total. The number of benzene rings is 1. The van der Waals surface area contributed by atoms with Crippen LogP contribution in [-0.2, 0) is 6.42 Å². The van der Waals surface area contributed by atoms with Crippen LogP contribution in [0.2, 0.25) is 0 Å². The number of rotatable bonds is 3. The number of alkyl halides is 2. The second-order valence-electron chi connectivity index (χ2n) is 4.33. The van der Waals surface area contributed by atoms with Gasteiger partial charge in [-0.25, -0.2) is 18.6 Å². The van der Waals surface area contributed by atoms with Crippen LogP contribution in [0, 0.1) is 0 Å². The maximum atomic E-state index is 12.7. The minimum absolute atomic E-state index is 0.0476. The molecule has 0 bridgehead atoms. The van der Waals surface area contributed by atoms with Crippen LogP contribution in [0.1, 0.15) is 45.6 Å². The van der Waals surface area contributed by atoms with Crippen LogP contribution in [0.5, 0.6) is 0 Å². The number of carboxylic acid groups (broad SMARTS) is 1. The monoisotopic (exact) mass is 265 g/mol. The van der Waals surface area contributed by atoms with E-state index < -0.39 is 23.8 Å². The van der Waals surface area contributed by atoms with Gasteiger partial charge in [-0.3, -0.25) is 0 Å². The minimum atomic E-state index is -2.96. The lowest BCUT2D eigenvalue weighted by Gasteiger charge is -2.27. The summed E-state index contributed by atoms with van der Waals surface area (Å²) in [5.74, 6) is -2.48. The van der Waals surface area contributed by atoms with Gasteiger partial charge in [0.05, 0.1) is 5.92 Å². The summed E-state index contributed by atoms with van der Waals surface area (Å²) in [4.78, 5) is 14.5. The Labute approximate surface area is 106 Å². The number of carboxylic acids is 1. The third-order valence-electron chi connectivity index (χ3n) is 3.22. The highest BCUT2D eigenvalue weighted by Gasteiger charge is 2.35. The Balaban J connectivity index is 2.00. The summed E-state index contributed by atoms with van der Waals surface area (Å²) in [6.45, 7) is 0. The molecule has 0 saturated carbocycles. The first kappa shape index (κ1) is 11.8. The molecule has 6 heteroatoms. The molecule has 0 saturated heterocycles. The average Bonchev–Trinajstić information content (AvgIpc) is 2.75. The summed E-state index contributed by atoms with van der Waals surface area (Å²) in [5.41, 5.74) is 1.24. The molecule has 1 aromatic heterocycles. The number of aromatic nitrogens is 1. The van der Waals surface area contributed by atoms with E-state index in [9.17, 15) is 13.6 Å². The lowest BCUT2D eigenvalue weighted by molar-refractivity contribution is 0.0643. The zero-order valence-corrected chi connectivity index (χ0v) is 9.64. The summed E-state index contributed by atoms with van der Waals surface area (Å²) in [6.07, 6.45) is -2.34. The summed E-state index contributed by atoms with van der Waals surface area (Å²) >= 11 is 0. The number of halogens is 2. The molecular formula is C13H9F2NO3. The zero-order valence-electron chi connectivity index (χ0n) is 9.64. The van der Waals surface area contributed by atoms with Gasteiger partial charge in [0.25, 0.3) is 6.43 Å². The second kappa shape index (κ2) is 4.15. The normalized spacial score (nSPS) is 17.1.